The van der Waals surface area contributed by atoms with E-state index in [2.05, 4.69) is 17.1 Å². The summed E-state index contributed by atoms with van der Waals surface area (Å²) in [6.07, 6.45) is 5.61. The Morgan fingerprint density at radius 3 is 2.73 bits per heavy atom. The van der Waals surface area contributed by atoms with Gasteiger partial charge in [-0.25, -0.2) is 4.39 Å². The molecule has 1 heterocycles. The molecule has 0 aliphatic carbocycles. The molecule has 0 spiro atoms. The monoisotopic (exact) mass is 306 g/mol. The second-order valence-electron chi connectivity index (χ2n) is 6.19. The van der Waals surface area contributed by atoms with Gasteiger partial charge in [0.05, 0.1) is 0 Å². The number of hydrogen-bond donors (Lipinski definition) is 1. The van der Waals surface area contributed by atoms with Crippen molar-refractivity contribution in [2.75, 3.05) is 19.6 Å². The molecule has 2 rings (SSSR count). The zero-order chi connectivity index (χ0) is 15.8. The summed E-state index contributed by atoms with van der Waals surface area (Å²) in [5, 5.41) is 3.01. The van der Waals surface area contributed by atoms with E-state index in [-0.39, 0.29) is 11.7 Å². The lowest BCUT2D eigenvalue weighted by Crippen LogP contribution is -2.44. The Labute approximate surface area is 132 Å². The molecule has 1 unspecified atom stereocenters. The minimum atomic E-state index is -0.179. The second kappa shape index (κ2) is 8.89. The van der Waals surface area contributed by atoms with Gasteiger partial charge in [0, 0.05) is 19.0 Å². The van der Waals surface area contributed by atoms with Crippen LogP contribution in [0.3, 0.4) is 0 Å². The molecule has 4 heteroatoms. The highest BCUT2D eigenvalue weighted by Crippen LogP contribution is 2.12. The smallest absolute Gasteiger partial charge is 0.220 e. The average molecular weight is 306 g/mol. The van der Waals surface area contributed by atoms with Gasteiger partial charge < -0.3 is 5.32 Å². The Bertz CT molecular complexity index is 472. The first-order valence-corrected chi connectivity index (χ1v) is 8.41. The van der Waals surface area contributed by atoms with E-state index in [0.717, 1.165) is 13.1 Å². The van der Waals surface area contributed by atoms with Crippen molar-refractivity contribution in [3.05, 3.63) is 35.6 Å². The lowest BCUT2D eigenvalue weighted by atomic mass is 10.1. The minimum absolute atomic E-state index is 0.0696. The number of hydrogen-bond acceptors (Lipinski definition) is 2. The molecule has 1 amide bonds. The number of carbonyl (C=O) groups is 1. The van der Waals surface area contributed by atoms with Crippen molar-refractivity contribution in [2.24, 2.45) is 0 Å². The van der Waals surface area contributed by atoms with Crippen LogP contribution in [0.4, 0.5) is 4.39 Å². The van der Waals surface area contributed by atoms with Crippen molar-refractivity contribution in [3.63, 3.8) is 0 Å². The number of amides is 1. The Morgan fingerprint density at radius 1 is 1.27 bits per heavy atom. The fourth-order valence-electron chi connectivity index (χ4n) is 2.98. The third kappa shape index (κ3) is 5.41. The maximum atomic E-state index is 13.5. The van der Waals surface area contributed by atoms with Crippen LogP contribution in [0.15, 0.2) is 24.3 Å². The van der Waals surface area contributed by atoms with Gasteiger partial charge in [0.15, 0.2) is 0 Å². The molecular formula is C18H27FN2O. The SMILES string of the molecule is CC(CNC(=O)CCCc1ccccc1F)N1CCCCC1. The van der Waals surface area contributed by atoms with Gasteiger partial charge in [-0.15, -0.1) is 0 Å². The van der Waals surface area contributed by atoms with Gasteiger partial charge in [-0.1, -0.05) is 24.6 Å². The van der Waals surface area contributed by atoms with Crippen LogP contribution in [0.2, 0.25) is 0 Å². The van der Waals surface area contributed by atoms with Crippen LogP contribution in [0, 0.1) is 5.82 Å². The van der Waals surface area contributed by atoms with Crippen molar-refractivity contribution in [1.82, 2.24) is 10.2 Å². The van der Waals surface area contributed by atoms with E-state index in [1.54, 1.807) is 12.1 Å². The highest BCUT2D eigenvalue weighted by molar-refractivity contribution is 5.75. The van der Waals surface area contributed by atoms with Crippen LogP contribution in [0.1, 0.15) is 44.6 Å². The Morgan fingerprint density at radius 2 is 2.00 bits per heavy atom. The number of benzene rings is 1. The predicted molar refractivity (Wildman–Crippen MR) is 87.2 cm³/mol. The number of nitrogens with one attached hydrogen (secondary N) is 1. The normalized spacial score (nSPS) is 17.2. The molecule has 1 N–H and O–H groups in total. The van der Waals surface area contributed by atoms with Gasteiger partial charge in [-0.3, -0.25) is 9.69 Å². The fourth-order valence-corrected chi connectivity index (χ4v) is 2.98. The van der Waals surface area contributed by atoms with Gasteiger partial charge in [0.25, 0.3) is 0 Å². The summed E-state index contributed by atoms with van der Waals surface area (Å²) >= 11 is 0. The number of piperidine rings is 1. The summed E-state index contributed by atoms with van der Waals surface area (Å²) in [5.74, 6) is -0.109. The van der Waals surface area contributed by atoms with Crippen molar-refractivity contribution in [3.8, 4) is 0 Å². The third-order valence-electron chi connectivity index (χ3n) is 4.42. The molecule has 1 fully saturated rings. The Hall–Kier alpha value is -1.42. The van der Waals surface area contributed by atoms with Crippen molar-refractivity contribution < 1.29 is 9.18 Å². The topological polar surface area (TPSA) is 32.3 Å². The lowest BCUT2D eigenvalue weighted by Gasteiger charge is -2.32. The molecule has 1 saturated heterocycles. The molecule has 1 aliphatic rings. The van der Waals surface area contributed by atoms with Gasteiger partial charge in [-0.05, 0) is 57.3 Å². The van der Waals surface area contributed by atoms with E-state index in [4.69, 9.17) is 0 Å². The van der Waals surface area contributed by atoms with Gasteiger partial charge in [0.1, 0.15) is 5.82 Å². The van der Waals surface area contributed by atoms with Crippen LogP contribution >= 0.6 is 0 Å². The minimum Gasteiger partial charge on any atom is -0.355 e. The molecule has 3 nitrogen and oxygen atoms in total. The van der Waals surface area contributed by atoms with Crippen LogP contribution < -0.4 is 5.32 Å². The molecule has 0 saturated carbocycles. The second-order valence-corrected chi connectivity index (χ2v) is 6.19. The highest BCUT2D eigenvalue weighted by atomic mass is 19.1. The molecule has 22 heavy (non-hydrogen) atoms. The van der Waals surface area contributed by atoms with Gasteiger partial charge >= 0.3 is 0 Å². The average Bonchev–Trinajstić information content (AvgIpc) is 2.55. The maximum Gasteiger partial charge on any atom is 0.220 e. The summed E-state index contributed by atoms with van der Waals surface area (Å²) in [6.45, 7) is 5.16. The summed E-state index contributed by atoms with van der Waals surface area (Å²) in [7, 11) is 0. The molecule has 1 aromatic rings. The molecule has 0 radical (unpaired) electrons. The van der Waals surface area contributed by atoms with E-state index in [1.807, 2.05) is 6.07 Å². The van der Waals surface area contributed by atoms with E-state index in [1.165, 1.54) is 25.3 Å². The number of rotatable bonds is 7. The first-order valence-electron chi connectivity index (χ1n) is 8.41. The molecule has 1 aromatic carbocycles. The largest absolute Gasteiger partial charge is 0.355 e. The molecule has 0 bridgehead atoms. The van der Waals surface area contributed by atoms with Crippen molar-refractivity contribution >= 4 is 5.91 Å². The van der Waals surface area contributed by atoms with E-state index in [9.17, 15) is 9.18 Å². The van der Waals surface area contributed by atoms with Crippen LogP contribution in [0.25, 0.3) is 0 Å². The Balaban J connectivity index is 1.62. The molecule has 0 aromatic heterocycles. The Kier molecular flexibility index (Phi) is 6.84. The molecular weight excluding hydrogens is 279 g/mol. The molecule has 1 aliphatic heterocycles. The summed E-state index contributed by atoms with van der Waals surface area (Å²) in [4.78, 5) is 14.3. The van der Waals surface area contributed by atoms with Crippen molar-refractivity contribution in [2.45, 2.75) is 51.5 Å². The van der Waals surface area contributed by atoms with Crippen molar-refractivity contribution in [1.29, 1.82) is 0 Å². The lowest BCUT2D eigenvalue weighted by molar-refractivity contribution is -0.121. The first-order chi connectivity index (χ1) is 10.7. The molecule has 1 atom stereocenters. The standard InChI is InChI=1S/C18H27FN2O/c1-15(21-12-5-2-6-13-21)14-20-18(22)11-7-9-16-8-3-4-10-17(16)19/h3-4,8,10,15H,2,5-7,9,11-14H2,1H3,(H,20,22). The number of halogens is 1. The third-order valence-corrected chi connectivity index (χ3v) is 4.42. The van der Waals surface area contributed by atoms with Crippen LogP contribution in [0.5, 0.6) is 0 Å². The maximum absolute atomic E-state index is 13.5. The quantitative estimate of drug-likeness (QED) is 0.839. The number of carbonyl (C=O) groups excluding carboxylic acids is 1. The van der Waals surface area contributed by atoms with Gasteiger partial charge in [-0.2, -0.15) is 0 Å². The summed E-state index contributed by atoms with van der Waals surface area (Å²) in [5.41, 5.74) is 0.692. The fraction of sp³-hybridized carbons (Fsp3) is 0.611. The van der Waals surface area contributed by atoms with E-state index < -0.39 is 0 Å². The highest BCUT2D eigenvalue weighted by Gasteiger charge is 2.16. The van der Waals surface area contributed by atoms with Crippen LogP contribution in [-0.4, -0.2) is 36.5 Å². The zero-order valence-corrected chi connectivity index (χ0v) is 13.5. The van der Waals surface area contributed by atoms with E-state index >= 15 is 0 Å². The van der Waals surface area contributed by atoms with Gasteiger partial charge in [0.2, 0.25) is 5.91 Å². The number of nitrogens with zero attached hydrogens (tertiary/aromatic N) is 1. The van der Waals surface area contributed by atoms with Crippen LogP contribution in [-0.2, 0) is 11.2 Å². The number of aryl methyl sites for hydroxylation is 1. The molecule has 122 valence electrons. The summed E-state index contributed by atoms with van der Waals surface area (Å²) in [6, 6.07) is 7.17. The van der Waals surface area contributed by atoms with E-state index in [0.29, 0.717) is 37.4 Å². The zero-order valence-electron chi connectivity index (χ0n) is 13.5. The summed E-state index contributed by atoms with van der Waals surface area (Å²) < 4.78 is 13.5. The predicted octanol–water partition coefficient (Wildman–Crippen LogP) is 3.14. The first kappa shape index (κ1) is 16.9. The number of likely N-dealkylation sites (tertiary alicyclic amines) is 1.